The van der Waals surface area contributed by atoms with E-state index in [1.54, 1.807) is 6.92 Å². The molecule has 0 spiro atoms. The number of primary amides is 1. The molecular formula is C11H21N3O5S. The van der Waals surface area contributed by atoms with Gasteiger partial charge in [-0.15, -0.1) is 0 Å². The molecule has 8 nitrogen and oxygen atoms in total. The first-order valence-corrected chi connectivity index (χ1v) is 7.61. The molecular weight excluding hydrogens is 286 g/mol. The fourth-order valence-electron chi connectivity index (χ4n) is 1.98. The number of carbonyl (C=O) groups is 2. The van der Waals surface area contributed by atoms with Crippen LogP contribution in [-0.2, 0) is 24.5 Å². The number of rotatable bonds is 6. The largest absolute Gasteiger partial charge is 0.469 e. The third kappa shape index (κ3) is 3.47. The summed E-state index contributed by atoms with van der Waals surface area (Å²) in [7, 11) is -1.06. The van der Waals surface area contributed by atoms with Crippen LogP contribution in [0.25, 0.3) is 0 Å². The van der Waals surface area contributed by atoms with Gasteiger partial charge in [-0.3, -0.25) is 9.59 Å². The number of methoxy groups -OCH3 is 1. The van der Waals surface area contributed by atoms with Crippen molar-refractivity contribution < 1.29 is 22.7 Å². The smallest absolute Gasteiger partial charge is 0.306 e. The van der Waals surface area contributed by atoms with Gasteiger partial charge in [0.2, 0.25) is 5.91 Å². The first-order chi connectivity index (χ1) is 9.13. The van der Waals surface area contributed by atoms with E-state index in [1.165, 1.54) is 18.5 Å². The molecule has 2 N–H and O–H groups in total. The third-order valence-corrected chi connectivity index (χ3v) is 5.55. The van der Waals surface area contributed by atoms with Gasteiger partial charge in [0, 0.05) is 26.7 Å². The van der Waals surface area contributed by atoms with Gasteiger partial charge in [0.25, 0.3) is 10.2 Å². The van der Waals surface area contributed by atoms with E-state index >= 15 is 0 Å². The summed E-state index contributed by atoms with van der Waals surface area (Å²) >= 11 is 0. The van der Waals surface area contributed by atoms with Crippen molar-refractivity contribution in [1.82, 2.24) is 8.61 Å². The molecule has 20 heavy (non-hydrogen) atoms. The summed E-state index contributed by atoms with van der Waals surface area (Å²) in [6, 6.07) is 0. The minimum Gasteiger partial charge on any atom is -0.469 e. The molecule has 0 aromatic rings. The van der Waals surface area contributed by atoms with E-state index in [-0.39, 0.29) is 26.1 Å². The first kappa shape index (κ1) is 16.9. The van der Waals surface area contributed by atoms with Crippen molar-refractivity contribution in [2.45, 2.75) is 19.8 Å². The lowest BCUT2D eigenvalue weighted by Gasteiger charge is -2.25. The zero-order chi connectivity index (χ0) is 15.6. The second-order valence-electron chi connectivity index (χ2n) is 5.16. The van der Waals surface area contributed by atoms with E-state index in [4.69, 9.17) is 5.73 Å². The molecule has 0 bridgehead atoms. The molecule has 0 aromatic heterocycles. The molecule has 1 rings (SSSR count). The Kier molecular flexibility index (Phi) is 5.11. The van der Waals surface area contributed by atoms with Crippen LogP contribution in [0.4, 0.5) is 0 Å². The molecule has 0 radical (unpaired) electrons. The van der Waals surface area contributed by atoms with Gasteiger partial charge < -0.3 is 10.5 Å². The number of nitrogens with two attached hydrogens (primary N) is 1. The molecule has 1 aliphatic heterocycles. The molecule has 1 heterocycles. The second-order valence-corrected chi connectivity index (χ2v) is 7.20. The van der Waals surface area contributed by atoms with Gasteiger partial charge in [-0.2, -0.15) is 17.0 Å². The van der Waals surface area contributed by atoms with Gasteiger partial charge in [0.05, 0.1) is 18.9 Å². The van der Waals surface area contributed by atoms with Crippen molar-refractivity contribution in [3.8, 4) is 0 Å². The summed E-state index contributed by atoms with van der Waals surface area (Å²) < 4.78 is 31.3. The Morgan fingerprint density at radius 3 is 2.50 bits per heavy atom. The Morgan fingerprint density at radius 1 is 1.45 bits per heavy atom. The fraction of sp³-hybridized carbons (Fsp3) is 0.818. The lowest BCUT2D eigenvalue weighted by molar-refractivity contribution is -0.140. The van der Waals surface area contributed by atoms with E-state index in [9.17, 15) is 18.0 Å². The molecule has 0 aliphatic carbocycles. The molecule has 1 aliphatic rings. The summed E-state index contributed by atoms with van der Waals surface area (Å²) in [4.78, 5) is 22.4. The van der Waals surface area contributed by atoms with Crippen molar-refractivity contribution >= 4 is 22.1 Å². The molecule has 1 amide bonds. The summed E-state index contributed by atoms with van der Waals surface area (Å²) in [5.74, 6) is -0.983. The maximum absolute atomic E-state index is 12.3. The average Bonchev–Trinajstić information content (AvgIpc) is 2.80. The molecule has 1 saturated heterocycles. The Bertz CT molecular complexity index is 492. The van der Waals surface area contributed by atoms with Crippen LogP contribution in [0.3, 0.4) is 0 Å². The number of hydrogen-bond donors (Lipinski definition) is 1. The lowest BCUT2D eigenvalue weighted by atomic mass is 9.89. The normalized spacial score (nSPS) is 24.0. The van der Waals surface area contributed by atoms with Crippen LogP contribution in [0.5, 0.6) is 0 Å². The van der Waals surface area contributed by atoms with Gasteiger partial charge in [-0.05, 0) is 13.3 Å². The van der Waals surface area contributed by atoms with Crippen LogP contribution in [-0.4, -0.2) is 62.7 Å². The van der Waals surface area contributed by atoms with Crippen LogP contribution in [0, 0.1) is 5.41 Å². The van der Waals surface area contributed by atoms with Crippen LogP contribution in [0.1, 0.15) is 19.8 Å². The topological polar surface area (TPSA) is 110 Å². The molecule has 1 fully saturated rings. The summed E-state index contributed by atoms with van der Waals surface area (Å²) in [6.07, 6.45) is 0.375. The first-order valence-electron chi connectivity index (χ1n) is 6.21. The maximum atomic E-state index is 12.3. The highest BCUT2D eigenvalue weighted by atomic mass is 32.2. The zero-order valence-electron chi connectivity index (χ0n) is 12.0. The number of amides is 1. The SMILES string of the molecule is COC(=O)CCN(C)S(=O)(=O)N1CCC(C)(C(N)=O)C1. The van der Waals surface area contributed by atoms with E-state index in [0.29, 0.717) is 6.42 Å². The fourth-order valence-corrected chi connectivity index (χ4v) is 3.47. The number of hydrogen-bond acceptors (Lipinski definition) is 5. The molecule has 1 atom stereocenters. The summed E-state index contributed by atoms with van der Waals surface area (Å²) in [5, 5.41) is 0. The quantitative estimate of drug-likeness (QED) is 0.628. The predicted octanol–water partition coefficient (Wildman–Crippen LogP) is -1.08. The molecule has 116 valence electrons. The second kappa shape index (κ2) is 6.06. The third-order valence-electron chi connectivity index (χ3n) is 3.61. The highest BCUT2D eigenvalue weighted by Gasteiger charge is 2.44. The van der Waals surface area contributed by atoms with E-state index in [1.807, 2.05) is 0 Å². The zero-order valence-corrected chi connectivity index (χ0v) is 12.8. The van der Waals surface area contributed by atoms with Gasteiger partial charge in [0.1, 0.15) is 0 Å². The molecule has 0 saturated carbocycles. The van der Waals surface area contributed by atoms with E-state index in [2.05, 4.69) is 4.74 Å². The monoisotopic (exact) mass is 307 g/mol. The van der Waals surface area contributed by atoms with Crippen LogP contribution < -0.4 is 5.73 Å². The van der Waals surface area contributed by atoms with Crippen molar-refractivity contribution in [2.75, 3.05) is 33.8 Å². The van der Waals surface area contributed by atoms with Crippen molar-refractivity contribution in [2.24, 2.45) is 11.1 Å². The highest BCUT2D eigenvalue weighted by Crippen LogP contribution is 2.31. The Morgan fingerprint density at radius 2 is 2.05 bits per heavy atom. The molecule has 0 aromatic carbocycles. The standard InChI is InChI=1S/C11H21N3O5S/c1-11(10(12)16)5-7-14(8-11)20(17,18)13(2)6-4-9(15)19-3/h4-8H2,1-3H3,(H2,12,16). The Hall–Kier alpha value is -1.19. The molecule has 1 unspecified atom stereocenters. The van der Waals surface area contributed by atoms with Crippen LogP contribution >= 0.6 is 0 Å². The van der Waals surface area contributed by atoms with Crippen molar-refractivity contribution in [1.29, 1.82) is 0 Å². The average molecular weight is 307 g/mol. The van der Waals surface area contributed by atoms with Gasteiger partial charge in [-0.25, -0.2) is 0 Å². The van der Waals surface area contributed by atoms with Crippen molar-refractivity contribution in [3.63, 3.8) is 0 Å². The van der Waals surface area contributed by atoms with E-state index in [0.717, 1.165) is 4.31 Å². The number of ether oxygens (including phenoxy) is 1. The minimum absolute atomic E-state index is 0.0207. The predicted molar refractivity (Wildman–Crippen MR) is 71.7 cm³/mol. The van der Waals surface area contributed by atoms with Gasteiger partial charge >= 0.3 is 5.97 Å². The lowest BCUT2D eigenvalue weighted by Crippen LogP contribution is -2.44. The number of nitrogens with zero attached hydrogens (tertiary/aromatic N) is 2. The summed E-state index contributed by atoms with van der Waals surface area (Å²) in [6.45, 7) is 1.98. The Labute approximate surface area is 119 Å². The van der Waals surface area contributed by atoms with Gasteiger partial charge in [0.15, 0.2) is 0 Å². The van der Waals surface area contributed by atoms with Crippen LogP contribution in [0.2, 0.25) is 0 Å². The summed E-state index contributed by atoms with van der Waals surface area (Å²) in [5.41, 5.74) is 4.46. The number of carbonyl (C=O) groups excluding carboxylic acids is 2. The molecule has 9 heteroatoms. The Balaban J connectivity index is 2.70. The number of esters is 1. The minimum atomic E-state index is -3.70. The van der Waals surface area contributed by atoms with E-state index < -0.39 is 27.5 Å². The maximum Gasteiger partial charge on any atom is 0.306 e. The van der Waals surface area contributed by atoms with Gasteiger partial charge in [-0.1, -0.05) is 0 Å². The highest BCUT2D eigenvalue weighted by molar-refractivity contribution is 7.86. The van der Waals surface area contributed by atoms with Crippen molar-refractivity contribution in [3.05, 3.63) is 0 Å². The van der Waals surface area contributed by atoms with Crippen LogP contribution in [0.15, 0.2) is 0 Å².